The molecule has 1 aromatic carbocycles. The minimum absolute atomic E-state index is 0.0761. The highest BCUT2D eigenvalue weighted by Gasteiger charge is 2.22. The lowest BCUT2D eigenvalue weighted by atomic mass is 10.0. The average Bonchev–Trinajstić information content (AvgIpc) is 2.52. The van der Waals surface area contributed by atoms with Crippen LogP contribution < -0.4 is 5.32 Å². The van der Waals surface area contributed by atoms with Crippen LogP contribution in [-0.2, 0) is 4.79 Å². The number of benzene rings is 1. The molecule has 0 saturated heterocycles. The van der Waals surface area contributed by atoms with Gasteiger partial charge in [-0.05, 0) is 12.0 Å². The number of carbonyl (C=O) groups is 1. The fourth-order valence-corrected chi connectivity index (χ4v) is 2.30. The molecule has 0 saturated carbocycles. The van der Waals surface area contributed by atoms with Gasteiger partial charge in [0.2, 0.25) is 5.91 Å². The molecule has 0 radical (unpaired) electrons. The van der Waals surface area contributed by atoms with Gasteiger partial charge < -0.3 is 15.5 Å². The van der Waals surface area contributed by atoms with E-state index in [1.165, 1.54) is 12.8 Å². The molecular formula is C17H27NO3. The molecule has 3 N–H and O–H groups in total. The van der Waals surface area contributed by atoms with Crippen molar-refractivity contribution in [2.75, 3.05) is 6.61 Å². The molecule has 4 nitrogen and oxygen atoms in total. The zero-order valence-electron chi connectivity index (χ0n) is 12.8. The van der Waals surface area contributed by atoms with E-state index < -0.39 is 12.1 Å². The molecule has 0 spiro atoms. The summed E-state index contributed by atoms with van der Waals surface area (Å²) in [7, 11) is 0. The van der Waals surface area contributed by atoms with E-state index in [-0.39, 0.29) is 12.5 Å². The van der Waals surface area contributed by atoms with Crippen molar-refractivity contribution in [3.8, 4) is 0 Å². The molecule has 0 aliphatic heterocycles. The van der Waals surface area contributed by atoms with Crippen molar-refractivity contribution >= 4 is 5.91 Å². The second kappa shape index (κ2) is 10.4. The Bertz CT molecular complexity index is 394. The van der Waals surface area contributed by atoms with E-state index in [0.29, 0.717) is 6.42 Å². The van der Waals surface area contributed by atoms with Gasteiger partial charge in [0.1, 0.15) is 6.10 Å². The molecule has 2 unspecified atom stereocenters. The minimum atomic E-state index is -0.989. The number of amides is 1. The Labute approximate surface area is 127 Å². The summed E-state index contributed by atoms with van der Waals surface area (Å²) >= 11 is 0. The largest absolute Gasteiger partial charge is 0.394 e. The Kier molecular flexibility index (Phi) is 8.71. The number of hydrogen-bond acceptors (Lipinski definition) is 3. The molecule has 4 heteroatoms. The topological polar surface area (TPSA) is 69.6 Å². The van der Waals surface area contributed by atoms with Crippen LogP contribution in [0.25, 0.3) is 0 Å². The van der Waals surface area contributed by atoms with Crippen LogP contribution in [0.1, 0.15) is 57.1 Å². The second-order valence-corrected chi connectivity index (χ2v) is 5.37. The quantitative estimate of drug-likeness (QED) is 0.581. The maximum Gasteiger partial charge on any atom is 0.220 e. The Morgan fingerprint density at radius 2 is 1.81 bits per heavy atom. The maximum atomic E-state index is 12.0. The van der Waals surface area contributed by atoms with Gasteiger partial charge in [0, 0.05) is 6.42 Å². The molecule has 1 aromatic rings. The van der Waals surface area contributed by atoms with Crippen molar-refractivity contribution in [3.63, 3.8) is 0 Å². The molecule has 2 atom stereocenters. The van der Waals surface area contributed by atoms with Crippen LogP contribution in [0, 0.1) is 0 Å². The first-order valence-corrected chi connectivity index (χ1v) is 7.82. The summed E-state index contributed by atoms with van der Waals surface area (Å²) in [5, 5.41) is 21.9. The molecule has 0 fully saturated rings. The van der Waals surface area contributed by atoms with E-state index in [1.807, 2.05) is 30.3 Å². The van der Waals surface area contributed by atoms with Gasteiger partial charge in [0.15, 0.2) is 0 Å². The average molecular weight is 293 g/mol. The lowest BCUT2D eigenvalue weighted by molar-refractivity contribution is -0.123. The molecule has 1 rings (SSSR count). The van der Waals surface area contributed by atoms with E-state index in [9.17, 15) is 9.90 Å². The maximum absolute atomic E-state index is 12.0. The lowest BCUT2D eigenvalue weighted by Gasteiger charge is -2.23. The summed E-state index contributed by atoms with van der Waals surface area (Å²) in [6, 6.07) is 8.70. The number of aliphatic hydroxyl groups excluding tert-OH is 2. The summed E-state index contributed by atoms with van der Waals surface area (Å²) in [6.45, 7) is 1.78. The van der Waals surface area contributed by atoms with Crippen LogP contribution >= 0.6 is 0 Å². The Hall–Kier alpha value is -1.39. The Balaban J connectivity index is 2.48. The molecule has 0 aliphatic rings. The third kappa shape index (κ3) is 6.74. The first kappa shape index (κ1) is 17.7. The van der Waals surface area contributed by atoms with Crippen molar-refractivity contribution in [1.82, 2.24) is 5.32 Å². The van der Waals surface area contributed by atoms with Gasteiger partial charge in [-0.3, -0.25) is 4.79 Å². The van der Waals surface area contributed by atoms with Crippen LogP contribution in [0.4, 0.5) is 0 Å². The number of rotatable bonds is 10. The van der Waals surface area contributed by atoms with Crippen molar-refractivity contribution < 1.29 is 15.0 Å². The smallest absolute Gasteiger partial charge is 0.220 e. The number of carbonyl (C=O) groups excluding carboxylic acids is 1. The third-order valence-corrected chi connectivity index (χ3v) is 3.55. The monoisotopic (exact) mass is 293 g/mol. The van der Waals surface area contributed by atoms with E-state index in [0.717, 1.165) is 24.8 Å². The van der Waals surface area contributed by atoms with Crippen LogP contribution in [-0.4, -0.2) is 28.8 Å². The van der Waals surface area contributed by atoms with Gasteiger partial charge in [-0.15, -0.1) is 0 Å². The van der Waals surface area contributed by atoms with Crippen molar-refractivity contribution in [1.29, 1.82) is 0 Å². The van der Waals surface area contributed by atoms with E-state index in [4.69, 9.17) is 5.11 Å². The fraction of sp³-hybridized carbons (Fsp3) is 0.588. The van der Waals surface area contributed by atoms with Gasteiger partial charge in [-0.25, -0.2) is 0 Å². The molecule has 21 heavy (non-hydrogen) atoms. The SMILES string of the molecule is CCCCCCCC(=O)NC(c1ccccc1)C(O)CO. The normalized spacial score (nSPS) is 13.7. The van der Waals surface area contributed by atoms with Gasteiger partial charge >= 0.3 is 0 Å². The van der Waals surface area contributed by atoms with Gasteiger partial charge in [-0.1, -0.05) is 62.9 Å². The first-order chi connectivity index (χ1) is 10.2. The number of aliphatic hydroxyl groups is 2. The van der Waals surface area contributed by atoms with Crippen LogP contribution in [0.3, 0.4) is 0 Å². The molecule has 0 aliphatic carbocycles. The number of nitrogens with one attached hydrogen (secondary N) is 1. The predicted octanol–water partition coefficient (Wildman–Crippen LogP) is 2.56. The number of unbranched alkanes of at least 4 members (excludes halogenated alkanes) is 4. The van der Waals surface area contributed by atoms with Crippen molar-refractivity contribution in [3.05, 3.63) is 35.9 Å². The predicted molar refractivity (Wildman–Crippen MR) is 83.8 cm³/mol. The van der Waals surface area contributed by atoms with E-state index >= 15 is 0 Å². The molecule has 0 bridgehead atoms. The summed E-state index contributed by atoms with van der Waals surface area (Å²) in [6.07, 6.45) is 4.94. The summed E-state index contributed by atoms with van der Waals surface area (Å²) < 4.78 is 0. The number of hydrogen-bond donors (Lipinski definition) is 3. The van der Waals surface area contributed by atoms with E-state index in [1.54, 1.807) is 0 Å². The summed E-state index contributed by atoms with van der Waals surface area (Å²) in [4.78, 5) is 12.0. The molecule has 1 amide bonds. The van der Waals surface area contributed by atoms with Crippen LogP contribution in [0.5, 0.6) is 0 Å². The van der Waals surface area contributed by atoms with Gasteiger partial charge in [-0.2, -0.15) is 0 Å². The summed E-state index contributed by atoms with van der Waals surface area (Å²) in [5.41, 5.74) is 0.804. The summed E-state index contributed by atoms with van der Waals surface area (Å²) in [5.74, 6) is -0.0761. The standard InChI is InChI=1S/C17H27NO3/c1-2-3-4-5-9-12-16(21)18-17(15(20)13-19)14-10-7-6-8-11-14/h6-8,10-11,15,17,19-20H,2-5,9,12-13H2,1H3,(H,18,21). The Morgan fingerprint density at radius 3 is 2.43 bits per heavy atom. The second-order valence-electron chi connectivity index (χ2n) is 5.37. The minimum Gasteiger partial charge on any atom is -0.394 e. The van der Waals surface area contributed by atoms with Gasteiger partial charge in [0.25, 0.3) is 0 Å². The van der Waals surface area contributed by atoms with Crippen molar-refractivity contribution in [2.24, 2.45) is 0 Å². The lowest BCUT2D eigenvalue weighted by Crippen LogP contribution is -2.37. The highest BCUT2D eigenvalue weighted by atomic mass is 16.3. The Morgan fingerprint density at radius 1 is 1.14 bits per heavy atom. The zero-order chi connectivity index (χ0) is 15.5. The van der Waals surface area contributed by atoms with Gasteiger partial charge in [0.05, 0.1) is 12.6 Å². The third-order valence-electron chi connectivity index (χ3n) is 3.55. The first-order valence-electron chi connectivity index (χ1n) is 7.82. The molecule has 0 aromatic heterocycles. The highest BCUT2D eigenvalue weighted by molar-refractivity contribution is 5.76. The van der Waals surface area contributed by atoms with Crippen LogP contribution in [0.2, 0.25) is 0 Å². The van der Waals surface area contributed by atoms with Crippen LogP contribution in [0.15, 0.2) is 30.3 Å². The molecule has 0 heterocycles. The van der Waals surface area contributed by atoms with Crippen molar-refractivity contribution in [2.45, 2.75) is 57.6 Å². The zero-order valence-corrected chi connectivity index (χ0v) is 12.8. The van der Waals surface area contributed by atoms with E-state index in [2.05, 4.69) is 12.2 Å². The fourth-order valence-electron chi connectivity index (χ4n) is 2.30. The molecule has 118 valence electrons. The highest BCUT2D eigenvalue weighted by Crippen LogP contribution is 2.17. The molecular weight excluding hydrogens is 266 g/mol.